The Labute approximate surface area is 53.4 Å². The summed E-state index contributed by atoms with van der Waals surface area (Å²) in [5, 5.41) is 0. The second kappa shape index (κ2) is 0.803. The molecular weight excluding hydrogens is 221 g/mol. The Hall–Kier alpha value is 0.974. The zero-order valence-electron chi connectivity index (χ0n) is 3.29. The fourth-order valence-electron chi connectivity index (χ4n) is 0. The average molecular weight is 223 g/mol. The SMILES string of the molecule is [O]=[V](=[O])([OH])([OH])([Cl])([Cl])[Cl]. The molecule has 52 valence electrons. The molecule has 0 aromatic carbocycles. The Bertz CT molecular complexity index is 254. The minimum atomic E-state index is -8.70. The second-order valence-corrected chi connectivity index (χ2v) is 19.9. The quantitative estimate of drug-likeness (QED) is 0.634. The van der Waals surface area contributed by atoms with Crippen LogP contribution in [0.25, 0.3) is 0 Å². The first kappa shape index (κ1) is 8.97. The van der Waals surface area contributed by atoms with Crippen molar-refractivity contribution < 1.29 is 23.8 Å². The van der Waals surface area contributed by atoms with Crippen LogP contribution < -0.4 is 0 Å². The minimum absolute atomic E-state index is 4.00. The number of hydrogen-bond donors (Lipinski definition) is 2. The van der Waals surface area contributed by atoms with Gasteiger partial charge in [-0.15, -0.1) is 0 Å². The van der Waals surface area contributed by atoms with Gasteiger partial charge in [-0.1, -0.05) is 0 Å². The van der Waals surface area contributed by atoms with E-state index in [1.807, 2.05) is 0 Å². The fraction of sp³-hybridized carbons (Fsp3) is 0. The van der Waals surface area contributed by atoms with Gasteiger partial charge in [-0.05, 0) is 0 Å². The van der Waals surface area contributed by atoms with E-state index in [4.69, 9.17) is 8.06 Å². The van der Waals surface area contributed by atoms with Crippen molar-refractivity contribution in [2.75, 3.05) is 0 Å². The predicted molar refractivity (Wildman–Crippen MR) is 23.4 cm³/mol. The molecule has 0 spiro atoms. The third kappa shape index (κ3) is 262. The molecule has 2 N–H and O–H groups in total. The summed E-state index contributed by atoms with van der Waals surface area (Å²) < 4.78 is 35.4. The van der Waals surface area contributed by atoms with Crippen molar-refractivity contribution in [3.8, 4) is 0 Å². The Balaban J connectivity index is 6.03. The van der Waals surface area contributed by atoms with Crippen LogP contribution in [0.1, 0.15) is 0 Å². The molecule has 0 unspecified atom stereocenters. The van der Waals surface area contributed by atoms with Gasteiger partial charge in [-0.2, -0.15) is 0 Å². The van der Waals surface area contributed by atoms with Crippen LogP contribution in [0.3, 0.4) is 0 Å². The standard InChI is InChI=1S/3ClH.2H2O.2O.V/h3*1H;2*1H2;;;/q;;;;;;;+5/p-5. The van der Waals surface area contributed by atoms with Crippen LogP contribution in [0, 0.1) is 0 Å². The van der Waals surface area contributed by atoms with Gasteiger partial charge in [0.15, 0.2) is 0 Å². The third-order valence-electron chi connectivity index (χ3n) is 0. The average Bonchev–Trinajstić information content (AvgIpc) is 0.544. The van der Waals surface area contributed by atoms with E-state index in [0.29, 0.717) is 0 Å². The monoisotopic (exact) mass is 222 g/mol. The Kier molecular flexibility index (Phi) is 0.901. The summed E-state index contributed by atoms with van der Waals surface area (Å²) in [6, 6.07) is 0. The van der Waals surface area contributed by atoms with Crippen molar-refractivity contribution in [3.05, 3.63) is 0 Å². The molecule has 0 fully saturated rings. The van der Waals surface area contributed by atoms with Gasteiger partial charge in [0.05, 0.1) is 0 Å². The van der Waals surface area contributed by atoms with Crippen LogP contribution >= 0.6 is 29.5 Å². The molecule has 0 atom stereocenters. The predicted octanol–water partition coefficient (Wildman–Crippen LogP) is 0.714. The summed E-state index contributed by atoms with van der Waals surface area (Å²) in [5.41, 5.74) is 0. The van der Waals surface area contributed by atoms with Crippen LogP contribution in [0.2, 0.25) is 0 Å². The first-order chi connectivity index (χ1) is 2.65. The molecule has 0 aliphatic rings. The molecule has 0 aliphatic heterocycles. The van der Waals surface area contributed by atoms with E-state index in [0.717, 1.165) is 0 Å². The van der Waals surface area contributed by atoms with Crippen molar-refractivity contribution in [1.29, 1.82) is 0 Å². The Morgan fingerprint density at radius 1 is 1.00 bits per heavy atom. The molecule has 0 aromatic rings. The molecular formula is H2Cl3O4V. The summed E-state index contributed by atoms with van der Waals surface area (Å²) in [5.74, 6) is 0. The zero-order valence-corrected chi connectivity index (χ0v) is 6.96. The molecule has 0 bridgehead atoms. The number of halogens is 3. The summed E-state index contributed by atoms with van der Waals surface area (Å²) in [4.78, 5) is 0. The van der Waals surface area contributed by atoms with E-state index in [2.05, 4.69) is 29.5 Å². The van der Waals surface area contributed by atoms with Gasteiger partial charge in [0.2, 0.25) is 0 Å². The summed E-state index contributed by atoms with van der Waals surface area (Å²) in [7, 11) is 3.29. The molecule has 0 amide bonds. The normalized spacial score (nSPS) is 26.9. The molecule has 8 heavy (non-hydrogen) atoms. The fourth-order valence-corrected chi connectivity index (χ4v) is 0. The maximum absolute atomic E-state index is 9.85. The van der Waals surface area contributed by atoms with E-state index < -0.39 is 8.35 Å². The summed E-state index contributed by atoms with van der Waals surface area (Å²) in [6.45, 7) is 0. The second-order valence-electron chi connectivity index (χ2n) is 1.55. The molecule has 4 nitrogen and oxygen atoms in total. The molecule has 0 aromatic heterocycles. The van der Waals surface area contributed by atoms with Crippen LogP contribution in [0.15, 0.2) is 0 Å². The summed E-state index contributed by atoms with van der Waals surface area (Å²) in [6.07, 6.45) is 0. The molecule has 0 radical (unpaired) electrons. The maximum atomic E-state index is 9.85. The molecule has 0 rings (SSSR count). The van der Waals surface area contributed by atoms with Crippen molar-refractivity contribution in [2.24, 2.45) is 0 Å². The van der Waals surface area contributed by atoms with Gasteiger partial charge in [-0.25, -0.2) is 0 Å². The molecule has 0 saturated heterocycles. The van der Waals surface area contributed by atoms with Crippen LogP contribution in [0.4, 0.5) is 0 Å². The number of rotatable bonds is 0. The first-order valence-corrected chi connectivity index (χ1v) is 9.43. The Morgan fingerprint density at radius 2 is 1.00 bits per heavy atom. The van der Waals surface area contributed by atoms with Crippen molar-refractivity contribution in [1.82, 2.24) is 0 Å². The molecule has 0 aliphatic carbocycles. The van der Waals surface area contributed by atoms with Gasteiger partial charge >= 0.3 is 53.3 Å². The van der Waals surface area contributed by atoms with Crippen LogP contribution in [0.5, 0.6) is 0 Å². The van der Waals surface area contributed by atoms with E-state index in [9.17, 15) is 7.35 Å². The zero-order chi connectivity index (χ0) is 7.38. The van der Waals surface area contributed by atoms with Gasteiger partial charge in [0.1, 0.15) is 0 Å². The van der Waals surface area contributed by atoms with Gasteiger partial charge in [-0.3, -0.25) is 0 Å². The first-order valence-electron chi connectivity index (χ1n) is 1.27. The van der Waals surface area contributed by atoms with E-state index in [1.165, 1.54) is 0 Å². The van der Waals surface area contributed by atoms with Crippen LogP contribution in [-0.4, -0.2) is 8.06 Å². The van der Waals surface area contributed by atoms with Gasteiger partial charge in [0, 0.05) is 0 Å². The molecule has 8 heteroatoms. The van der Waals surface area contributed by atoms with Gasteiger partial charge < -0.3 is 0 Å². The molecule has 0 saturated carbocycles. The van der Waals surface area contributed by atoms with Crippen molar-refractivity contribution in [3.63, 3.8) is 0 Å². The van der Waals surface area contributed by atoms with Gasteiger partial charge in [0.25, 0.3) is 0 Å². The van der Waals surface area contributed by atoms with Crippen molar-refractivity contribution in [2.45, 2.75) is 0 Å². The third-order valence-corrected chi connectivity index (χ3v) is 0. The molecule has 0 heterocycles. The number of hydrogen-bond acceptors (Lipinski definition) is 2. The topological polar surface area (TPSA) is 74.6 Å². The van der Waals surface area contributed by atoms with E-state index >= 15 is 0 Å². The Morgan fingerprint density at radius 3 is 1.00 bits per heavy atom. The summed E-state index contributed by atoms with van der Waals surface area (Å²) >= 11 is 0. The van der Waals surface area contributed by atoms with Crippen molar-refractivity contribution >= 4 is 29.5 Å². The van der Waals surface area contributed by atoms with E-state index in [-0.39, 0.29) is 0 Å². The van der Waals surface area contributed by atoms with E-state index in [1.54, 1.807) is 0 Å². The van der Waals surface area contributed by atoms with Crippen LogP contribution in [-0.2, 0) is 15.7 Å².